The summed E-state index contributed by atoms with van der Waals surface area (Å²) in [6, 6.07) is 7.50. The van der Waals surface area contributed by atoms with E-state index in [9.17, 15) is 4.79 Å². The summed E-state index contributed by atoms with van der Waals surface area (Å²) in [7, 11) is 0. The Bertz CT molecular complexity index is 692. The molecule has 3 heterocycles. The van der Waals surface area contributed by atoms with Crippen LogP contribution in [-0.2, 0) is 11.2 Å². The van der Waals surface area contributed by atoms with Crippen LogP contribution in [0.1, 0.15) is 5.56 Å². The van der Waals surface area contributed by atoms with Crippen molar-refractivity contribution in [2.45, 2.75) is 6.42 Å². The van der Waals surface area contributed by atoms with Gasteiger partial charge in [0.15, 0.2) is 5.49 Å². The van der Waals surface area contributed by atoms with Crippen LogP contribution in [0.25, 0.3) is 5.57 Å². The smallest absolute Gasteiger partial charge is 0.267 e. The molecule has 0 atom stereocenters. The summed E-state index contributed by atoms with van der Waals surface area (Å²) >= 11 is 0. The Morgan fingerprint density at radius 3 is 2.71 bits per heavy atom. The SMILES string of the molecule is O=C1N=c2ncccc2=C1Cc1ccncc1. The number of amides is 1. The molecule has 1 aliphatic rings. The van der Waals surface area contributed by atoms with Gasteiger partial charge < -0.3 is 0 Å². The van der Waals surface area contributed by atoms with Crippen molar-refractivity contribution in [2.75, 3.05) is 0 Å². The van der Waals surface area contributed by atoms with E-state index in [0.717, 1.165) is 10.8 Å². The Morgan fingerprint density at radius 2 is 1.88 bits per heavy atom. The number of carbonyl (C=O) groups is 1. The van der Waals surface area contributed by atoms with Crippen molar-refractivity contribution in [1.82, 2.24) is 9.97 Å². The molecule has 0 radical (unpaired) electrons. The van der Waals surface area contributed by atoms with E-state index in [2.05, 4.69) is 15.0 Å². The summed E-state index contributed by atoms with van der Waals surface area (Å²) < 4.78 is 0. The first kappa shape index (κ1) is 9.84. The number of fused-ring (bicyclic) bond motifs is 1. The van der Waals surface area contributed by atoms with Crippen LogP contribution in [0, 0.1) is 0 Å². The molecular weight excluding hydrogens is 214 g/mol. The molecule has 2 aromatic rings. The van der Waals surface area contributed by atoms with Crippen molar-refractivity contribution in [3.63, 3.8) is 0 Å². The predicted octanol–water partition coefficient (Wildman–Crippen LogP) is 0.0298. The maximum absolute atomic E-state index is 11.8. The van der Waals surface area contributed by atoms with Crippen LogP contribution in [0.3, 0.4) is 0 Å². The van der Waals surface area contributed by atoms with Crippen LogP contribution in [-0.4, -0.2) is 15.9 Å². The zero-order valence-corrected chi connectivity index (χ0v) is 9.00. The summed E-state index contributed by atoms with van der Waals surface area (Å²) in [5, 5.41) is 0.842. The summed E-state index contributed by atoms with van der Waals surface area (Å²) in [6.45, 7) is 0. The average Bonchev–Trinajstić information content (AvgIpc) is 2.68. The van der Waals surface area contributed by atoms with Crippen molar-refractivity contribution >= 4 is 11.5 Å². The molecule has 1 amide bonds. The summed E-state index contributed by atoms with van der Waals surface area (Å²) in [6.07, 6.45) is 5.65. The van der Waals surface area contributed by atoms with Crippen molar-refractivity contribution < 1.29 is 4.79 Å². The number of hydrogen-bond acceptors (Lipinski definition) is 3. The second-order valence-electron chi connectivity index (χ2n) is 3.80. The fraction of sp³-hybridized carbons (Fsp3) is 0.0769. The molecule has 0 saturated heterocycles. The normalized spacial score (nSPS) is 13.4. The highest BCUT2D eigenvalue weighted by molar-refractivity contribution is 6.15. The summed E-state index contributed by atoms with van der Waals surface area (Å²) in [5.74, 6) is -0.185. The van der Waals surface area contributed by atoms with Crippen molar-refractivity contribution in [3.05, 3.63) is 59.1 Å². The predicted molar refractivity (Wildman–Crippen MR) is 61.4 cm³/mol. The number of aromatic nitrogens is 2. The third-order valence-electron chi connectivity index (χ3n) is 2.71. The molecule has 0 unspecified atom stereocenters. The maximum Gasteiger partial charge on any atom is 0.276 e. The molecule has 4 heteroatoms. The van der Waals surface area contributed by atoms with E-state index in [1.54, 1.807) is 18.6 Å². The lowest BCUT2D eigenvalue weighted by molar-refractivity contribution is -0.112. The monoisotopic (exact) mass is 223 g/mol. The Hall–Kier alpha value is -2.36. The second kappa shape index (κ2) is 3.90. The first-order valence-electron chi connectivity index (χ1n) is 5.31. The molecule has 0 spiro atoms. The van der Waals surface area contributed by atoms with Gasteiger partial charge in [0, 0.05) is 35.8 Å². The van der Waals surface area contributed by atoms with E-state index >= 15 is 0 Å². The topological polar surface area (TPSA) is 55.2 Å². The number of rotatable bonds is 2. The average molecular weight is 223 g/mol. The molecule has 0 fully saturated rings. The molecular formula is C13H9N3O. The van der Waals surface area contributed by atoms with Gasteiger partial charge in [0.2, 0.25) is 0 Å². The van der Waals surface area contributed by atoms with Gasteiger partial charge in [-0.3, -0.25) is 9.78 Å². The lowest BCUT2D eigenvalue weighted by Gasteiger charge is -1.99. The van der Waals surface area contributed by atoms with E-state index < -0.39 is 0 Å². The third-order valence-corrected chi connectivity index (χ3v) is 2.71. The van der Waals surface area contributed by atoms with Gasteiger partial charge in [0.1, 0.15) is 0 Å². The fourth-order valence-electron chi connectivity index (χ4n) is 1.88. The lowest BCUT2D eigenvalue weighted by Crippen LogP contribution is -2.26. The van der Waals surface area contributed by atoms with Gasteiger partial charge in [-0.15, -0.1) is 0 Å². The molecule has 4 nitrogen and oxygen atoms in total. The highest BCUT2D eigenvalue weighted by atomic mass is 16.1. The summed E-state index contributed by atoms with van der Waals surface area (Å²) in [4.78, 5) is 23.7. The van der Waals surface area contributed by atoms with Gasteiger partial charge in [0.05, 0.1) is 0 Å². The van der Waals surface area contributed by atoms with E-state index in [1.165, 1.54) is 0 Å². The molecule has 0 aromatic carbocycles. The molecule has 0 N–H and O–H groups in total. The number of nitrogens with zero attached hydrogens (tertiary/aromatic N) is 3. The summed E-state index contributed by atoms with van der Waals surface area (Å²) in [5.41, 5.74) is 2.29. The molecule has 17 heavy (non-hydrogen) atoms. The van der Waals surface area contributed by atoms with Gasteiger partial charge in [0.25, 0.3) is 5.91 Å². The Kier molecular flexibility index (Phi) is 2.26. The third kappa shape index (κ3) is 1.73. The first-order chi connectivity index (χ1) is 8.34. The van der Waals surface area contributed by atoms with Gasteiger partial charge in [-0.2, -0.15) is 4.99 Å². The minimum Gasteiger partial charge on any atom is -0.267 e. The quantitative estimate of drug-likeness (QED) is 0.721. The second-order valence-corrected chi connectivity index (χ2v) is 3.80. The minimum absolute atomic E-state index is 0.185. The molecule has 1 aliphatic heterocycles. The maximum atomic E-state index is 11.8. The zero-order chi connectivity index (χ0) is 11.7. The molecule has 82 valence electrons. The zero-order valence-electron chi connectivity index (χ0n) is 9.00. The van der Waals surface area contributed by atoms with Gasteiger partial charge in [-0.05, 0) is 29.8 Å². The Morgan fingerprint density at radius 1 is 1.06 bits per heavy atom. The van der Waals surface area contributed by atoms with E-state index in [-0.39, 0.29) is 5.91 Å². The number of pyridine rings is 2. The lowest BCUT2D eigenvalue weighted by atomic mass is 10.1. The van der Waals surface area contributed by atoms with E-state index in [1.807, 2.05) is 24.3 Å². The highest BCUT2D eigenvalue weighted by Crippen LogP contribution is 2.09. The van der Waals surface area contributed by atoms with Crippen molar-refractivity contribution in [3.8, 4) is 0 Å². The van der Waals surface area contributed by atoms with Crippen molar-refractivity contribution in [1.29, 1.82) is 0 Å². The largest absolute Gasteiger partial charge is 0.276 e. The standard InChI is InChI=1S/C13H9N3O/c17-13-11(8-9-3-6-14-7-4-9)10-2-1-5-15-12(10)16-13/h1-7H,8H2. The van der Waals surface area contributed by atoms with Crippen LogP contribution in [0.15, 0.2) is 47.8 Å². The van der Waals surface area contributed by atoms with Gasteiger partial charge >= 0.3 is 0 Å². The number of hydrogen-bond donors (Lipinski definition) is 0. The molecule has 2 aromatic heterocycles. The van der Waals surface area contributed by atoms with Gasteiger partial charge in [-0.1, -0.05) is 0 Å². The first-order valence-corrected chi connectivity index (χ1v) is 5.31. The minimum atomic E-state index is -0.185. The van der Waals surface area contributed by atoms with Crippen LogP contribution >= 0.6 is 0 Å². The van der Waals surface area contributed by atoms with Crippen LogP contribution in [0.4, 0.5) is 0 Å². The van der Waals surface area contributed by atoms with Crippen LogP contribution in [0.5, 0.6) is 0 Å². The molecule has 3 rings (SSSR count). The number of carbonyl (C=O) groups excluding carboxylic acids is 1. The van der Waals surface area contributed by atoms with Crippen LogP contribution < -0.4 is 10.7 Å². The highest BCUT2D eigenvalue weighted by Gasteiger charge is 2.16. The van der Waals surface area contributed by atoms with Crippen molar-refractivity contribution in [2.24, 2.45) is 4.99 Å². The Labute approximate surface area is 97.4 Å². The fourth-order valence-corrected chi connectivity index (χ4v) is 1.88. The van der Waals surface area contributed by atoms with E-state index in [4.69, 9.17) is 0 Å². The molecule has 0 saturated carbocycles. The Balaban J connectivity index is 2.11. The molecule has 0 bridgehead atoms. The van der Waals surface area contributed by atoms with Gasteiger partial charge in [-0.25, -0.2) is 4.98 Å². The molecule has 0 aliphatic carbocycles. The van der Waals surface area contributed by atoms with Crippen LogP contribution in [0.2, 0.25) is 0 Å². The van der Waals surface area contributed by atoms with E-state index in [0.29, 0.717) is 17.5 Å².